The average Bonchev–Trinajstić information content (AvgIpc) is 2.62. The van der Waals surface area contributed by atoms with Crippen LogP contribution in [0.25, 0.3) is 0 Å². The van der Waals surface area contributed by atoms with Crippen LogP contribution in [0.15, 0.2) is 53.6 Å². The minimum Gasteiger partial charge on any atom is -0.497 e. The molecule has 2 aromatic carbocycles. The molecule has 0 radical (unpaired) electrons. The Kier molecular flexibility index (Phi) is 5.90. The number of benzene rings is 2. The van der Waals surface area contributed by atoms with Gasteiger partial charge in [-0.15, -0.1) is 0 Å². The first-order valence-corrected chi connectivity index (χ1v) is 7.05. The summed E-state index contributed by atoms with van der Waals surface area (Å²) in [6, 6.07) is 13.8. The number of carbonyl (C=O) groups is 2. The Morgan fingerprint density at radius 2 is 1.67 bits per heavy atom. The molecule has 0 saturated carbocycles. The van der Waals surface area contributed by atoms with E-state index in [0.717, 1.165) is 5.56 Å². The van der Waals surface area contributed by atoms with Crippen LogP contribution >= 0.6 is 0 Å². The molecule has 0 aliphatic rings. The number of hydrazone groups is 1. The summed E-state index contributed by atoms with van der Waals surface area (Å²) in [7, 11) is 3.05. The van der Waals surface area contributed by atoms with E-state index < -0.39 is 11.8 Å². The molecule has 0 aliphatic carbocycles. The van der Waals surface area contributed by atoms with Crippen molar-refractivity contribution in [2.45, 2.75) is 0 Å². The molecule has 0 heterocycles. The second kappa shape index (κ2) is 8.33. The fourth-order valence-corrected chi connectivity index (χ4v) is 1.83. The Morgan fingerprint density at radius 3 is 2.33 bits per heavy atom. The fraction of sp³-hybridized carbons (Fsp3) is 0.118. The van der Waals surface area contributed by atoms with Crippen molar-refractivity contribution in [3.63, 3.8) is 0 Å². The highest BCUT2D eigenvalue weighted by atomic mass is 16.5. The van der Waals surface area contributed by atoms with E-state index in [9.17, 15) is 9.59 Å². The van der Waals surface area contributed by atoms with E-state index in [4.69, 9.17) is 9.47 Å². The minimum atomic E-state index is -0.884. The summed E-state index contributed by atoms with van der Waals surface area (Å²) in [4.78, 5) is 23.6. The Balaban J connectivity index is 1.91. The van der Waals surface area contributed by atoms with Gasteiger partial charge in [0.2, 0.25) is 0 Å². The molecule has 124 valence electrons. The summed E-state index contributed by atoms with van der Waals surface area (Å²) in [6.07, 6.45) is 1.42. The predicted molar refractivity (Wildman–Crippen MR) is 90.4 cm³/mol. The van der Waals surface area contributed by atoms with Gasteiger partial charge in [0.1, 0.15) is 11.5 Å². The third kappa shape index (κ3) is 4.57. The van der Waals surface area contributed by atoms with Crippen molar-refractivity contribution in [1.29, 1.82) is 0 Å². The van der Waals surface area contributed by atoms with Gasteiger partial charge in [0.25, 0.3) is 0 Å². The standard InChI is InChI=1S/C17H17N3O4/c1-23-13-9-7-12(8-10-13)11-18-20-17(22)16(21)19-14-5-3-4-6-15(14)24-2/h3-11H,1-2H3,(H,19,21)(H,20,22). The maximum Gasteiger partial charge on any atom is 0.329 e. The van der Waals surface area contributed by atoms with Crippen LogP contribution in [-0.4, -0.2) is 32.2 Å². The molecule has 0 aromatic heterocycles. The number of nitrogens with zero attached hydrogens (tertiary/aromatic N) is 1. The monoisotopic (exact) mass is 327 g/mol. The third-order valence-corrected chi connectivity index (χ3v) is 3.06. The highest BCUT2D eigenvalue weighted by molar-refractivity contribution is 6.39. The van der Waals surface area contributed by atoms with Crippen LogP contribution in [0, 0.1) is 0 Å². The largest absolute Gasteiger partial charge is 0.497 e. The van der Waals surface area contributed by atoms with Crippen molar-refractivity contribution in [2.75, 3.05) is 19.5 Å². The van der Waals surface area contributed by atoms with Gasteiger partial charge in [-0.25, -0.2) is 5.43 Å². The highest BCUT2D eigenvalue weighted by Crippen LogP contribution is 2.22. The Bertz CT molecular complexity index is 742. The maximum absolute atomic E-state index is 11.8. The highest BCUT2D eigenvalue weighted by Gasteiger charge is 2.14. The van der Waals surface area contributed by atoms with E-state index in [1.165, 1.54) is 13.3 Å². The molecule has 0 unspecified atom stereocenters. The summed E-state index contributed by atoms with van der Waals surface area (Å²) in [5, 5.41) is 6.20. The number of anilines is 1. The number of carbonyl (C=O) groups excluding carboxylic acids is 2. The SMILES string of the molecule is COc1ccc(C=NNC(=O)C(=O)Nc2ccccc2OC)cc1. The Hall–Kier alpha value is -3.35. The zero-order valence-electron chi connectivity index (χ0n) is 13.3. The number of hydrogen-bond donors (Lipinski definition) is 2. The van der Waals surface area contributed by atoms with Crippen LogP contribution in [0.4, 0.5) is 5.69 Å². The van der Waals surface area contributed by atoms with Crippen molar-refractivity contribution < 1.29 is 19.1 Å². The van der Waals surface area contributed by atoms with Gasteiger partial charge in [-0.3, -0.25) is 9.59 Å². The van der Waals surface area contributed by atoms with Crippen molar-refractivity contribution in [1.82, 2.24) is 5.43 Å². The number of hydrogen-bond acceptors (Lipinski definition) is 5. The molecule has 2 rings (SSSR count). The van der Waals surface area contributed by atoms with E-state index in [1.807, 2.05) is 0 Å². The smallest absolute Gasteiger partial charge is 0.329 e. The molecule has 0 spiro atoms. The quantitative estimate of drug-likeness (QED) is 0.498. The second-order valence-corrected chi connectivity index (χ2v) is 4.63. The van der Waals surface area contributed by atoms with E-state index in [-0.39, 0.29) is 0 Å². The first kappa shape index (κ1) is 17.0. The first-order chi connectivity index (χ1) is 11.6. The van der Waals surface area contributed by atoms with Crippen LogP contribution in [0.1, 0.15) is 5.56 Å². The number of ether oxygens (including phenoxy) is 2. The van der Waals surface area contributed by atoms with Crippen LogP contribution in [0.2, 0.25) is 0 Å². The molecule has 24 heavy (non-hydrogen) atoms. The number of para-hydroxylation sites is 2. The van der Waals surface area contributed by atoms with Crippen molar-refractivity contribution in [3.8, 4) is 11.5 Å². The molecule has 2 amide bonds. The van der Waals surface area contributed by atoms with E-state index in [2.05, 4.69) is 15.8 Å². The molecule has 0 atom stereocenters. The maximum atomic E-state index is 11.8. The number of methoxy groups -OCH3 is 2. The zero-order valence-corrected chi connectivity index (χ0v) is 13.3. The van der Waals surface area contributed by atoms with Crippen molar-refractivity contribution in [3.05, 3.63) is 54.1 Å². The summed E-state index contributed by atoms with van der Waals surface area (Å²) in [6.45, 7) is 0. The van der Waals surface area contributed by atoms with E-state index in [1.54, 1.807) is 55.6 Å². The molecule has 7 heteroatoms. The molecular weight excluding hydrogens is 310 g/mol. The summed E-state index contributed by atoms with van der Waals surface area (Å²) < 4.78 is 10.1. The van der Waals surface area contributed by atoms with Crippen molar-refractivity contribution in [2.24, 2.45) is 5.10 Å². The van der Waals surface area contributed by atoms with E-state index >= 15 is 0 Å². The fourth-order valence-electron chi connectivity index (χ4n) is 1.83. The summed E-state index contributed by atoms with van der Waals surface area (Å²) in [5.41, 5.74) is 3.32. The molecule has 0 saturated heterocycles. The van der Waals surface area contributed by atoms with Gasteiger partial charge in [-0.2, -0.15) is 5.10 Å². The average molecular weight is 327 g/mol. The lowest BCUT2D eigenvalue weighted by Crippen LogP contribution is -2.32. The lowest BCUT2D eigenvalue weighted by molar-refractivity contribution is -0.136. The Labute approximate surface area is 139 Å². The molecular formula is C17H17N3O4. The predicted octanol–water partition coefficient (Wildman–Crippen LogP) is 1.79. The summed E-state index contributed by atoms with van der Waals surface area (Å²) >= 11 is 0. The van der Waals surface area contributed by atoms with Crippen LogP contribution in [-0.2, 0) is 9.59 Å². The van der Waals surface area contributed by atoms with Gasteiger partial charge in [0, 0.05) is 0 Å². The zero-order chi connectivity index (χ0) is 17.4. The number of rotatable bonds is 5. The molecule has 2 N–H and O–H groups in total. The molecule has 2 aromatic rings. The van der Waals surface area contributed by atoms with Crippen LogP contribution < -0.4 is 20.2 Å². The molecule has 7 nitrogen and oxygen atoms in total. The molecule has 0 bridgehead atoms. The van der Waals surface area contributed by atoms with Crippen molar-refractivity contribution >= 4 is 23.7 Å². The van der Waals surface area contributed by atoms with Crippen LogP contribution in [0.3, 0.4) is 0 Å². The first-order valence-electron chi connectivity index (χ1n) is 7.05. The molecule has 0 aliphatic heterocycles. The Morgan fingerprint density at radius 1 is 0.958 bits per heavy atom. The third-order valence-electron chi connectivity index (χ3n) is 3.06. The molecule has 0 fully saturated rings. The second-order valence-electron chi connectivity index (χ2n) is 4.63. The van der Waals surface area contributed by atoms with Gasteiger partial charge >= 0.3 is 11.8 Å². The van der Waals surface area contributed by atoms with Gasteiger partial charge in [-0.05, 0) is 42.0 Å². The number of nitrogens with one attached hydrogen (secondary N) is 2. The lowest BCUT2D eigenvalue weighted by Gasteiger charge is -2.08. The van der Waals surface area contributed by atoms with Gasteiger partial charge in [0.15, 0.2) is 0 Å². The number of amides is 2. The topological polar surface area (TPSA) is 89.0 Å². The van der Waals surface area contributed by atoms with Crippen LogP contribution in [0.5, 0.6) is 11.5 Å². The summed E-state index contributed by atoms with van der Waals surface area (Å²) in [5.74, 6) is -0.551. The van der Waals surface area contributed by atoms with Gasteiger partial charge in [0.05, 0.1) is 26.1 Å². The lowest BCUT2D eigenvalue weighted by atomic mass is 10.2. The minimum absolute atomic E-state index is 0.402. The van der Waals surface area contributed by atoms with Gasteiger partial charge < -0.3 is 14.8 Å². The van der Waals surface area contributed by atoms with Gasteiger partial charge in [-0.1, -0.05) is 12.1 Å². The van der Waals surface area contributed by atoms with E-state index in [0.29, 0.717) is 17.2 Å². The normalized spacial score (nSPS) is 10.2.